The zero-order chi connectivity index (χ0) is 17.9. The second-order valence-corrected chi connectivity index (χ2v) is 5.83. The fraction of sp³-hybridized carbons (Fsp3) is 0.556. The lowest BCUT2D eigenvalue weighted by Gasteiger charge is -2.08. The molecular formula is C18H26O6. The van der Waals surface area contributed by atoms with Gasteiger partial charge in [-0.25, -0.2) is 9.59 Å². The Morgan fingerprint density at radius 3 is 1.46 bits per heavy atom. The largest absolute Gasteiger partial charge is 0.462 e. The molecule has 134 valence electrons. The van der Waals surface area contributed by atoms with Crippen molar-refractivity contribution < 1.29 is 29.3 Å². The van der Waals surface area contributed by atoms with Crippen LogP contribution in [-0.2, 0) is 9.47 Å². The van der Waals surface area contributed by atoms with Gasteiger partial charge in [-0.2, -0.15) is 0 Å². The average Bonchev–Trinajstić information content (AvgIpc) is 2.55. The highest BCUT2D eigenvalue weighted by Gasteiger charge is 2.11. The average molecular weight is 338 g/mol. The molecule has 0 aliphatic heterocycles. The van der Waals surface area contributed by atoms with Crippen molar-refractivity contribution in [1.82, 2.24) is 0 Å². The van der Waals surface area contributed by atoms with E-state index >= 15 is 0 Å². The first kappa shape index (κ1) is 20.1. The predicted octanol–water partition coefficient (Wildman–Crippen LogP) is 2.32. The Balaban J connectivity index is 2.38. The molecule has 0 amide bonds. The maximum atomic E-state index is 11.8. The zero-order valence-corrected chi connectivity index (χ0v) is 14.2. The molecule has 2 unspecified atom stereocenters. The first-order valence-electron chi connectivity index (χ1n) is 8.20. The number of benzene rings is 1. The van der Waals surface area contributed by atoms with Gasteiger partial charge in [0.05, 0.1) is 36.5 Å². The molecule has 6 heteroatoms. The molecule has 2 atom stereocenters. The molecule has 0 saturated heterocycles. The molecule has 0 aliphatic carbocycles. The molecule has 1 aromatic carbocycles. The van der Waals surface area contributed by atoms with Crippen molar-refractivity contribution in [2.24, 2.45) is 0 Å². The van der Waals surface area contributed by atoms with Crippen LogP contribution in [0.2, 0.25) is 0 Å². The number of carbonyl (C=O) groups is 2. The monoisotopic (exact) mass is 338 g/mol. The van der Waals surface area contributed by atoms with Gasteiger partial charge in [0.1, 0.15) is 0 Å². The van der Waals surface area contributed by atoms with E-state index in [0.717, 1.165) is 0 Å². The lowest BCUT2D eigenvalue weighted by atomic mass is 10.1. The van der Waals surface area contributed by atoms with Crippen molar-refractivity contribution in [3.63, 3.8) is 0 Å². The number of carbonyl (C=O) groups excluding carboxylic acids is 2. The number of rotatable bonds is 10. The summed E-state index contributed by atoms with van der Waals surface area (Å²) in [6.07, 6.45) is 1.53. The summed E-state index contributed by atoms with van der Waals surface area (Å²) in [6, 6.07) is 6.07. The molecule has 0 radical (unpaired) electrons. The van der Waals surface area contributed by atoms with Gasteiger partial charge >= 0.3 is 11.9 Å². The number of ether oxygens (including phenoxy) is 2. The van der Waals surface area contributed by atoms with Gasteiger partial charge in [0.15, 0.2) is 0 Å². The summed E-state index contributed by atoms with van der Waals surface area (Å²) in [5.74, 6) is -0.921. The molecule has 0 saturated carbocycles. The Morgan fingerprint density at radius 2 is 1.17 bits per heavy atom. The molecule has 0 spiro atoms. The van der Waals surface area contributed by atoms with E-state index in [-0.39, 0.29) is 13.2 Å². The topological polar surface area (TPSA) is 93.1 Å². The van der Waals surface area contributed by atoms with E-state index in [0.29, 0.717) is 36.8 Å². The maximum absolute atomic E-state index is 11.8. The maximum Gasteiger partial charge on any atom is 0.338 e. The molecule has 0 aromatic heterocycles. The van der Waals surface area contributed by atoms with Crippen molar-refractivity contribution >= 4 is 11.9 Å². The van der Waals surface area contributed by atoms with Crippen LogP contribution >= 0.6 is 0 Å². The highest BCUT2D eigenvalue weighted by Crippen LogP contribution is 2.09. The van der Waals surface area contributed by atoms with Gasteiger partial charge < -0.3 is 19.7 Å². The van der Waals surface area contributed by atoms with E-state index in [9.17, 15) is 9.59 Å². The quantitative estimate of drug-likeness (QED) is 0.502. The Bertz CT molecular complexity index is 460. The third kappa shape index (κ3) is 8.08. The van der Waals surface area contributed by atoms with Crippen molar-refractivity contribution in [3.8, 4) is 0 Å². The van der Waals surface area contributed by atoms with E-state index in [1.807, 2.05) is 0 Å². The van der Waals surface area contributed by atoms with Gasteiger partial charge in [-0.15, -0.1) is 0 Å². The van der Waals surface area contributed by atoms with Crippen LogP contribution < -0.4 is 0 Å². The van der Waals surface area contributed by atoms with Crippen LogP contribution in [0.3, 0.4) is 0 Å². The van der Waals surface area contributed by atoms with Gasteiger partial charge in [0.2, 0.25) is 0 Å². The summed E-state index contributed by atoms with van der Waals surface area (Å²) >= 11 is 0. The lowest BCUT2D eigenvalue weighted by Crippen LogP contribution is -2.10. The van der Waals surface area contributed by atoms with E-state index in [1.54, 1.807) is 13.8 Å². The fourth-order valence-electron chi connectivity index (χ4n) is 2.00. The molecule has 0 aliphatic rings. The molecular weight excluding hydrogens is 312 g/mol. The smallest absolute Gasteiger partial charge is 0.338 e. The number of hydrogen-bond acceptors (Lipinski definition) is 6. The highest BCUT2D eigenvalue weighted by atomic mass is 16.5. The zero-order valence-electron chi connectivity index (χ0n) is 14.2. The molecule has 1 rings (SSSR count). The van der Waals surface area contributed by atoms with Crippen LogP contribution in [0.4, 0.5) is 0 Å². The second-order valence-electron chi connectivity index (χ2n) is 5.83. The summed E-state index contributed by atoms with van der Waals surface area (Å²) < 4.78 is 10.2. The Kier molecular flexibility index (Phi) is 9.04. The Morgan fingerprint density at radius 1 is 0.833 bits per heavy atom. The third-order valence-electron chi connectivity index (χ3n) is 3.36. The fourth-order valence-corrected chi connectivity index (χ4v) is 2.00. The molecule has 0 heterocycles. The minimum Gasteiger partial charge on any atom is -0.462 e. The van der Waals surface area contributed by atoms with Crippen LogP contribution in [0.25, 0.3) is 0 Å². The van der Waals surface area contributed by atoms with E-state index in [1.165, 1.54) is 24.3 Å². The summed E-state index contributed by atoms with van der Waals surface area (Å²) in [4.78, 5) is 23.6. The minimum atomic E-state index is -0.461. The van der Waals surface area contributed by atoms with Crippen molar-refractivity contribution in [2.75, 3.05) is 13.2 Å². The Hall–Kier alpha value is -1.92. The minimum absolute atomic E-state index is 0.247. The number of aliphatic hydroxyl groups excluding tert-OH is 2. The summed E-state index contributed by atoms with van der Waals surface area (Å²) in [5, 5.41) is 18.2. The number of esters is 2. The van der Waals surface area contributed by atoms with E-state index < -0.39 is 24.1 Å². The summed E-state index contributed by atoms with van der Waals surface area (Å²) in [5.41, 5.74) is 0.718. The standard InChI is InChI=1S/C18H26O6/c1-13(19)5-3-11-23-17(21)15-7-9-16(10-8-15)18(22)24-12-4-6-14(2)20/h7-10,13-14,19-20H,3-6,11-12H2,1-2H3. The van der Waals surface area contributed by atoms with Crippen molar-refractivity contribution in [1.29, 1.82) is 0 Å². The normalized spacial score (nSPS) is 13.2. The van der Waals surface area contributed by atoms with Crippen LogP contribution in [0.5, 0.6) is 0 Å². The van der Waals surface area contributed by atoms with E-state index in [4.69, 9.17) is 19.7 Å². The van der Waals surface area contributed by atoms with Crippen molar-refractivity contribution in [3.05, 3.63) is 35.4 Å². The summed E-state index contributed by atoms with van der Waals surface area (Å²) in [7, 11) is 0. The molecule has 6 nitrogen and oxygen atoms in total. The first-order chi connectivity index (χ1) is 11.4. The molecule has 24 heavy (non-hydrogen) atoms. The third-order valence-corrected chi connectivity index (χ3v) is 3.36. The molecule has 0 fully saturated rings. The van der Waals surface area contributed by atoms with Crippen LogP contribution in [-0.4, -0.2) is 47.6 Å². The first-order valence-corrected chi connectivity index (χ1v) is 8.20. The van der Waals surface area contributed by atoms with E-state index in [2.05, 4.69) is 0 Å². The molecule has 2 N–H and O–H groups in total. The molecule has 0 bridgehead atoms. The second kappa shape index (κ2) is 10.8. The van der Waals surface area contributed by atoms with Gasteiger partial charge in [-0.1, -0.05) is 0 Å². The number of aliphatic hydroxyl groups is 2. The highest BCUT2D eigenvalue weighted by molar-refractivity contribution is 5.93. The predicted molar refractivity (Wildman–Crippen MR) is 88.8 cm³/mol. The Labute approximate surface area is 142 Å². The van der Waals surface area contributed by atoms with Gasteiger partial charge in [-0.05, 0) is 63.8 Å². The number of hydrogen-bond donors (Lipinski definition) is 2. The van der Waals surface area contributed by atoms with Gasteiger partial charge in [0, 0.05) is 0 Å². The summed E-state index contributed by atoms with van der Waals surface area (Å²) in [6.45, 7) is 3.86. The van der Waals surface area contributed by atoms with Gasteiger partial charge in [0.25, 0.3) is 0 Å². The molecule has 1 aromatic rings. The van der Waals surface area contributed by atoms with Crippen LogP contribution in [0.1, 0.15) is 60.2 Å². The SMILES string of the molecule is CC(O)CCCOC(=O)c1ccc(C(=O)OCCCC(C)O)cc1. The lowest BCUT2D eigenvalue weighted by molar-refractivity contribution is 0.0468. The van der Waals surface area contributed by atoms with Gasteiger partial charge in [-0.3, -0.25) is 0 Å². The van der Waals surface area contributed by atoms with Crippen LogP contribution in [0, 0.1) is 0 Å². The van der Waals surface area contributed by atoms with Crippen LogP contribution in [0.15, 0.2) is 24.3 Å². The van der Waals surface area contributed by atoms with Crippen molar-refractivity contribution in [2.45, 2.75) is 51.7 Å².